The average molecular weight is 274 g/mol. The van der Waals surface area contributed by atoms with Gasteiger partial charge in [0.2, 0.25) is 0 Å². The second-order valence-electron chi connectivity index (χ2n) is 3.69. The number of benzene rings is 1. The van der Waals surface area contributed by atoms with E-state index in [1.807, 2.05) is 0 Å². The van der Waals surface area contributed by atoms with Crippen LogP contribution in [-0.4, -0.2) is 15.0 Å². The summed E-state index contributed by atoms with van der Waals surface area (Å²) in [6.45, 7) is 2.08. The van der Waals surface area contributed by atoms with Crippen molar-refractivity contribution in [2.75, 3.05) is 0 Å². The minimum Gasteiger partial charge on any atom is -0.248 e. The van der Waals surface area contributed by atoms with Crippen LogP contribution in [0.5, 0.6) is 0 Å². The van der Waals surface area contributed by atoms with E-state index in [2.05, 4.69) is 10.3 Å². The summed E-state index contributed by atoms with van der Waals surface area (Å²) >= 11 is 11.7. The first-order valence-electron chi connectivity index (χ1n) is 5.04. The quantitative estimate of drug-likeness (QED) is 0.803. The molecule has 1 aromatic carbocycles. The number of alkyl halides is 1. The third kappa shape index (κ3) is 2.96. The van der Waals surface area contributed by atoms with Crippen LogP contribution in [0.3, 0.4) is 0 Å². The SMILES string of the molecule is CC(Cl)c1cn(Cc2cc(Cl)ccc2F)nn1. The van der Waals surface area contributed by atoms with Gasteiger partial charge in [0.25, 0.3) is 0 Å². The standard InChI is InChI=1S/C11H10Cl2FN3/c1-7(12)11-6-17(16-15-11)5-8-4-9(13)2-3-10(8)14/h2-4,6-7H,5H2,1H3. The molecule has 1 atom stereocenters. The highest BCUT2D eigenvalue weighted by atomic mass is 35.5. The number of rotatable bonds is 3. The lowest BCUT2D eigenvalue weighted by atomic mass is 10.2. The predicted octanol–water partition coefficient (Wildman–Crippen LogP) is 3.42. The van der Waals surface area contributed by atoms with Gasteiger partial charge in [-0.1, -0.05) is 16.8 Å². The molecule has 3 nitrogen and oxygen atoms in total. The molecule has 2 rings (SSSR count). The van der Waals surface area contributed by atoms with Gasteiger partial charge in [-0.05, 0) is 25.1 Å². The van der Waals surface area contributed by atoms with Crippen molar-refractivity contribution in [1.82, 2.24) is 15.0 Å². The molecule has 0 aliphatic rings. The average Bonchev–Trinajstić information content (AvgIpc) is 2.72. The molecule has 0 aliphatic carbocycles. The molecule has 6 heteroatoms. The number of nitrogens with zero attached hydrogens (tertiary/aromatic N) is 3. The Morgan fingerprint density at radius 1 is 1.47 bits per heavy atom. The predicted molar refractivity (Wildman–Crippen MR) is 64.8 cm³/mol. The highest BCUT2D eigenvalue weighted by Gasteiger charge is 2.09. The molecule has 0 fully saturated rings. The van der Waals surface area contributed by atoms with Gasteiger partial charge in [0, 0.05) is 10.6 Å². The van der Waals surface area contributed by atoms with Crippen molar-refractivity contribution < 1.29 is 4.39 Å². The van der Waals surface area contributed by atoms with Gasteiger partial charge in [-0.3, -0.25) is 0 Å². The molecule has 90 valence electrons. The van der Waals surface area contributed by atoms with E-state index in [-0.39, 0.29) is 17.7 Å². The molecule has 2 aromatic rings. The highest BCUT2D eigenvalue weighted by Crippen LogP contribution is 2.18. The summed E-state index contributed by atoms with van der Waals surface area (Å²) in [5, 5.41) is 8.04. The molecule has 0 amide bonds. The van der Waals surface area contributed by atoms with Crippen molar-refractivity contribution in [3.63, 3.8) is 0 Å². The van der Waals surface area contributed by atoms with E-state index >= 15 is 0 Å². The van der Waals surface area contributed by atoms with Crippen molar-refractivity contribution >= 4 is 23.2 Å². The lowest BCUT2D eigenvalue weighted by Crippen LogP contribution is -2.02. The summed E-state index contributed by atoms with van der Waals surface area (Å²) in [7, 11) is 0. The molecule has 0 aliphatic heterocycles. The maximum absolute atomic E-state index is 13.5. The van der Waals surface area contributed by atoms with E-state index in [4.69, 9.17) is 23.2 Å². The van der Waals surface area contributed by atoms with Crippen molar-refractivity contribution in [3.8, 4) is 0 Å². The lowest BCUT2D eigenvalue weighted by Gasteiger charge is -2.03. The van der Waals surface area contributed by atoms with Gasteiger partial charge in [-0.2, -0.15) is 0 Å². The van der Waals surface area contributed by atoms with E-state index in [1.165, 1.54) is 16.8 Å². The Morgan fingerprint density at radius 3 is 2.88 bits per heavy atom. The Bertz CT molecular complexity index is 525. The monoisotopic (exact) mass is 273 g/mol. The normalized spacial score (nSPS) is 12.7. The van der Waals surface area contributed by atoms with E-state index in [1.54, 1.807) is 19.2 Å². The summed E-state index contributed by atoms with van der Waals surface area (Å²) in [6.07, 6.45) is 1.69. The molecular formula is C11H10Cl2FN3. The number of halogens is 3. The molecule has 0 saturated heterocycles. The first-order chi connectivity index (χ1) is 8.06. The zero-order valence-corrected chi connectivity index (χ0v) is 10.6. The second kappa shape index (κ2) is 5.02. The fraction of sp³-hybridized carbons (Fsp3) is 0.273. The summed E-state index contributed by atoms with van der Waals surface area (Å²) in [5.74, 6) is -0.314. The van der Waals surface area contributed by atoms with Crippen LogP contribution >= 0.6 is 23.2 Å². The molecule has 0 radical (unpaired) electrons. The molecular weight excluding hydrogens is 264 g/mol. The minimum absolute atomic E-state index is 0.215. The van der Waals surface area contributed by atoms with Crippen LogP contribution in [0.2, 0.25) is 5.02 Å². The number of hydrogen-bond donors (Lipinski definition) is 0. The number of hydrogen-bond acceptors (Lipinski definition) is 2. The van der Waals surface area contributed by atoms with Crippen molar-refractivity contribution in [2.45, 2.75) is 18.8 Å². The molecule has 17 heavy (non-hydrogen) atoms. The molecule has 1 aromatic heterocycles. The fourth-order valence-electron chi connectivity index (χ4n) is 1.41. The molecule has 1 heterocycles. The third-order valence-corrected chi connectivity index (χ3v) is 2.76. The summed E-state index contributed by atoms with van der Waals surface area (Å²) in [4.78, 5) is 0. The number of aromatic nitrogens is 3. The van der Waals surface area contributed by atoms with Crippen LogP contribution < -0.4 is 0 Å². The van der Waals surface area contributed by atoms with E-state index in [0.717, 1.165) is 0 Å². The van der Waals surface area contributed by atoms with E-state index in [0.29, 0.717) is 16.3 Å². The van der Waals surface area contributed by atoms with Crippen LogP contribution in [0, 0.1) is 5.82 Å². The van der Waals surface area contributed by atoms with Gasteiger partial charge in [0.1, 0.15) is 11.5 Å². The van der Waals surface area contributed by atoms with Crippen molar-refractivity contribution in [2.24, 2.45) is 0 Å². The van der Waals surface area contributed by atoms with Crippen LogP contribution in [0.1, 0.15) is 23.6 Å². The largest absolute Gasteiger partial charge is 0.248 e. The Labute approximate surface area is 108 Å². The summed E-state index contributed by atoms with van der Waals surface area (Å²) < 4.78 is 15.0. The molecule has 0 spiro atoms. The van der Waals surface area contributed by atoms with Crippen LogP contribution in [0.4, 0.5) is 4.39 Å². The van der Waals surface area contributed by atoms with Crippen LogP contribution in [0.25, 0.3) is 0 Å². The minimum atomic E-state index is -0.314. The molecule has 0 N–H and O–H groups in total. The van der Waals surface area contributed by atoms with Crippen LogP contribution in [0.15, 0.2) is 24.4 Å². The molecule has 0 saturated carbocycles. The first-order valence-corrected chi connectivity index (χ1v) is 5.85. The van der Waals surface area contributed by atoms with Crippen molar-refractivity contribution in [3.05, 3.63) is 46.5 Å². The Balaban J connectivity index is 2.22. The Kier molecular flexibility index (Phi) is 3.64. The maximum Gasteiger partial charge on any atom is 0.128 e. The maximum atomic E-state index is 13.5. The summed E-state index contributed by atoms with van der Waals surface area (Å²) in [5.41, 5.74) is 1.13. The zero-order valence-electron chi connectivity index (χ0n) is 9.07. The third-order valence-electron chi connectivity index (χ3n) is 2.30. The Morgan fingerprint density at radius 2 is 2.24 bits per heavy atom. The zero-order chi connectivity index (χ0) is 12.4. The van der Waals surface area contributed by atoms with Gasteiger partial charge in [-0.25, -0.2) is 9.07 Å². The van der Waals surface area contributed by atoms with Gasteiger partial charge in [-0.15, -0.1) is 16.7 Å². The van der Waals surface area contributed by atoms with E-state index in [9.17, 15) is 4.39 Å². The van der Waals surface area contributed by atoms with Crippen molar-refractivity contribution in [1.29, 1.82) is 0 Å². The topological polar surface area (TPSA) is 30.7 Å². The van der Waals surface area contributed by atoms with Crippen LogP contribution in [-0.2, 0) is 6.54 Å². The second-order valence-corrected chi connectivity index (χ2v) is 4.78. The first kappa shape index (κ1) is 12.3. The Hall–Kier alpha value is -1.13. The smallest absolute Gasteiger partial charge is 0.128 e. The molecule has 1 unspecified atom stereocenters. The lowest BCUT2D eigenvalue weighted by molar-refractivity contribution is 0.577. The van der Waals surface area contributed by atoms with Gasteiger partial charge >= 0.3 is 0 Å². The van der Waals surface area contributed by atoms with E-state index < -0.39 is 0 Å². The fourth-order valence-corrected chi connectivity index (χ4v) is 1.71. The van der Waals surface area contributed by atoms with Gasteiger partial charge < -0.3 is 0 Å². The summed E-state index contributed by atoms with van der Waals surface area (Å²) in [6, 6.07) is 4.41. The highest BCUT2D eigenvalue weighted by molar-refractivity contribution is 6.30. The van der Waals surface area contributed by atoms with Gasteiger partial charge in [0.15, 0.2) is 0 Å². The van der Waals surface area contributed by atoms with Gasteiger partial charge in [0.05, 0.1) is 18.1 Å². The molecule has 0 bridgehead atoms.